The Bertz CT molecular complexity index is 137. The molecule has 0 aliphatic heterocycles. The predicted octanol–water partition coefficient (Wildman–Crippen LogP) is 3.16. The number of hydrogen-bond acceptors (Lipinski definition) is 2. The molecule has 4 heteroatoms. The van der Waals surface area contributed by atoms with Gasteiger partial charge in [-0.15, -0.1) is 0 Å². The maximum atomic E-state index is 9.76. The first-order valence-electron chi connectivity index (χ1n) is 4.98. The highest BCUT2D eigenvalue weighted by Gasteiger charge is 1.91. The zero-order valence-electron chi connectivity index (χ0n) is 8.95. The lowest BCUT2D eigenvalue weighted by molar-refractivity contribution is -0.138. The molecule has 0 atom stereocenters. The summed E-state index contributed by atoms with van der Waals surface area (Å²) < 4.78 is 0. The highest BCUT2D eigenvalue weighted by Crippen LogP contribution is 1.91. The molecule has 0 spiro atoms. The average molecular weight is 220 g/mol. The number of hydrogen-bond donors (Lipinski definition) is 2. The molecule has 2 N–H and O–H groups in total. The van der Waals surface area contributed by atoms with Crippen molar-refractivity contribution in [1.82, 2.24) is 0 Å². The van der Waals surface area contributed by atoms with Crippen LogP contribution in [-0.2, 0) is 9.59 Å². The Kier molecular flexibility index (Phi) is 20.0. The van der Waals surface area contributed by atoms with Gasteiger partial charge in [0.1, 0.15) is 0 Å². The van der Waals surface area contributed by atoms with Crippen LogP contribution in [0, 0.1) is 0 Å². The van der Waals surface area contributed by atoms with Crippen LogP contribution in [0.2, 0.25) is 0 Å². The van der Waals surface area contributed by atoms with Gasteiger partial charge in [-0.05, 0) is 12.8 Å². The van der Waals surface area contributed by atoms with E-state index in [0.717, 1.165) is 25.7 Å². The van der Waals surface area contributed by atoms with Gasteiger partial charge in [0, 0.05) is 12.8 Å². The Morgan fingerprint density at radius 3 is 1.20 bits per heavy atom. The van der Waals surface area contributed by atoms with Gasteiger partial charge in [0.25, 0.3) is 0 Å². The van der Waals surface area contributed by atoms with Gasteiger partial charge in [0.15, 0.2) is 0 Å². The van der Waals surface area contributed by atoms with Gasteiger partial charge in [-0.25, -0.2) is 0 Å². The lowest BCUT2D eigenvalue weighted by Crippen LogP contribution is -1.91. The summed E-state index contributed by atoms with van der Waals surface area (Å²) in [6, 6.07) is 0. The van der Waals surface area contributed by atoms with Crippen LogP contribution in [-0.4, -0.2) is 22.2 Å². The fraction of sp³-hybridized carbons (Fsp3) is 0.818. The molecule has 0 saturated carbocycles. The van der Waals surface area contributed by atoms with Gasteiger partial charge in [0.05, 0.1) is 0 Å². The number of carboxylic acids is 2. The maximum Gasteiger partial charge on any atom is 0.303 e. The summed E-state index contributed by atoms with van der Waals surface area (Å²) in [6.45, 7) is 3.95. The second-order valence-corrected chi connectivity index (χ2v) is 2.99. The van der Waals surface area contributed by atoms with Gasteiger partial charge in [0.2, 0.25) is 0 Å². The fourth-order valence-corrected chi connectivity index (χ4v) is 0.656. The SMILES string of the molecule is C.CCCCC(=O)O.CCCCC(=O)O. The summed E-state index contributed by atoms with van der Waals surface area (Å²) in [4.78, 5) is 19.5. The topological polar surface area (TPSA) is 74.6 Å². The van der Waals surface area contributed by atoms with Crippen LogP contribution in [0.1, 0.15) is 59.8 Å². The van der Waals surface area contributed by atoms with Crippen molar-refractivity contribution in [3.63, 3.8) is 0 Å². The van der Waals surface area contributed by atoms with E-state index >= 15 is 0 Å². The third-order valence-electron chi connectivity index (χ3n) is 1.49. The molecule has 0 heterocycles. The van der Waals surface area contributed by atoms with E-state index in [2.05, 4.69) is 0 Å². The lowest BCUT2D eigenvalue weighted by atomic mass is 10.3. The quantitative estimate of drug-likeness (QED) is 0.721. The minimum absolute atomic E-state index is 0. The van der Waals surface area contributed by atoms with Crippen molar-refractivity contribution in [2.24, 2.45) is 0 Å². The molecule has 0 amide bonds. The van der Waals surface area contributed by atoms with E-state index in [0.29, 0.717) is 12.8 Å². The summed E-state index contributed by atoms with van der Waals surface area (Å²) in [7, 11) is 0. The van der Waals surface area contributed by atoms with Crippen molar-refractivity contribution in [3.05, 3.63) is 0 Å². The van der Waals surface area contributed by atoms with E-state index in [1.807, 2.05) is 13.8 Å². The molecule has 0 aromatic rings. The van der Waals surface area contributed by atoms with E-state index in [1.165, 1.54) is 0 Å². The van der Waals surface area contributed by atoms with Crippen molar-refractivity contribution in [3.8, 4) is 0 Å². The largest absolute Gasteiger partial charge is 0.481 e. The van der Waals surface area contributed by atoms with Crippen molar-refractivity contribution in [2.45, 2.75) is 59.8 Å². The molecule has 0 bridgehead atoms. The van der Waals surface area contributed by atoms with Gasteiger partial charge < -0.3 is 10.2 Å². The Labute approximate surface area is 92.3 Å². The van der Waals surface area contributed by atoms with Crippen LogP contribution in [0.4, 0.5) is 0 Å². The molecule has 0 unspecified atom stereocenters. The zero-order valence-corrected chi connectivity index (χ0v) is 8.95. The minimum atomic E-state index is -0.693. The number of carboxylic acid groups (broad SMARTS) is 2. The first-order chi connectivity index (χ1) is 6.54. The second-order valence-electron chi connectivity index (χ2n) is 2.99. The molecule has 4 nitrogen and oxygen atoms in total. The number of rotatable bonds is 6. The van der Waals surface area contributed by atoms with Crippen molar-refractivity contribution >= 4 is 11.9 Å². The third kappa shape index (κ3) is 32.2. The third-order valence-corrected chi connectivity index (χ3v) is 1.49. The molecule has 0 aliphatic rings. The summed E-state index contributed by atoms with van der Waals surface area (Å²) >= 11 is 0. The molecule has 0 aliphatic carbocycles. The van der Waals surface area contributed by atoms with Crippen LogP contribution in [0.5, 0.6) is 0 Å². The van der Waals surface area contributed by atoms with Gasteiger partial charge in [-0.2, -0.15) is 0 Å². The van der Waals surface area contributed by atoms with Gasteiger partial charge in [-0.3, -0.25) is 9.59 Å². The zero-order chi connectivity index (χ0) is 11.4. The average Bonchev–Trinajstić information content (AvgIpc) is 2.12. The van der Waals surface area contributed by atoms with Crippen LogP contribution >= 0.6 is 0 Å². The van der Waals surface area contributed by atoms with Crippen LogP contribution < -0.4 is 0 Å². The summed E-state index contributed by atoms with van der Waals surface area (Å²) in [5, 5.41) is 16.1. The molecule has 92 valence electrons. The molecular weight excluding hydrogens is 196 g/mol. The standard InChI is InChI=1S/2C5H10O2.CH4/c2*1-2-3-4-5(6)7;/h2*2-4H2,1H3,(H,6,7);1H4. The minimum Gasteiger partial charge on any atom is -0.481 e. The number of carbonyl (C=O) groups is 2. The molecule has 0 aromatic carbocycles. The lowest BCUT2D eigenvalue weighted by Gasteiger charge is -1.85. The molecule has 0 aromatic heterocycles. The van der Waals surface area contributed by atoms with Crippen LogP contribution in [0.3, 0.4) is 0 Å². The second kappa shape index (κ2) is 15.4. The van der Waals surface area contributed by atoms with Crippen LogP contribution in [0.25, 0.3) is 0 Å². The van der Waals surface area contributed by atoms with E-state index in [-0.39, 0.29) is 7.43 Å². The Morgan fingerprint density at radius 2 is 1.13 bits per heavy atom. The highest BCUT2D eigenvalue weighted by atomic mass is 16.4. The highest BCUT2D eigenvalue weighted by molar-refractivity contribution is 5.66. The smallest absolute Gasteiger partial charge is 0.303 e. The monoisotopic (exact) mass is 220 g/mol. The van der Waals surface area contributed by atoms with Crippen molar-refractivity contribution in [2.75, 3.05) is 0 Å². The summed E-state index contributed by atoms with van der Waals surface area (Å²) in [5.41, 5.74) is 0. The maximum absolute atomic E-state index is 9.76. The molecule has 0 radical (unpaired) electrons. The molecule has 15 heavy (non-hydrogen) atoms. The number of unbranched alkanes of at least 4 members (excludes halogenated alkanes) is 2. The van der Waals surface area contributed by atoms with E-state index < -0.39 is 11.9 Å². The Balaban J connectivity index is -0.000000180. The normalized spacial score (nSPS) is 8.13. The molecular formula is C11H24O4. The summed E-state index contributed by atoms with van der Waals surface area (Å²) in [6.07, 6.45) is 4.16. The first-order valence-corrected chi connectivity index (χ1v) is 4.98. The van der Waals surface area contributed by atoms with E-state index in [9.17, 15) is 9.59 Å². The van der Waals surface area contributed by atoms with Crippen molar-refractivity contribution in [1.29, 1.82) is 0 Å². The fourth-order valence-electron chi connectivity index (χ4n) is 0.656. The van der Waals surface area contributed by atoms with Gasteiger partial charge in [-0.1, -0.05) is 34.1 Å². The molecule has 0 rings (SSSR count). The van der Waals surface area contributed by atoms with E-state index in [4.69, 9.17) is 10.2 Å². The molecule has 0 saturated heterocycles. The van der Waals surface area contributed by atoms with Gasteiger partial charge >= 0.3 is 11.9 Å². The predicted molar refractivity (Wildman–Crippen MR) is 61.1 cm³/mol. The van der Waals surface area contributed by atoms with E-state index in [1.54, 1.807) is 0 Å². The van der Waals surface area contributed by atoms with Crippen LogP contribution in [0.15, 0.2) is 0 Å². The summed E-state index contributed by atoms with van der Waals surface area (Å²) in [5.74, 6) is -1.39. The Morgan fingerprint density at radius 1 is 0.867 bits per heavy atom. The first kappa shape index (κ1) is 19.5. The Hall–Kier alpha value is -1.06. The number of aliphatic carboxylic acids is 2. The molecule has 0 fully saturated rings. The van der Waals surface area contributed by atoms with Crippen molar-refractivity contribution < 1.29 is 19.8 Å².